The topological polar surface area (TPSA) is 56.1 Å². The Labute approximate surface area is 135 Å². The third-order valence-corrected chi connectivity index (χ3v) is 3.97. The Balaban J connectivity index is 1.82. The van der Waals surface area contributed by atoms with E-state index in [4.69, 9.17) is 0 Å². The van der Waals surface area contributed by atoms with Gasteiger partial charge in [-0.2, -0.15) is 5.26 Å². The lowest BCUT2D eigenvalue weighted by Gasteiger charge is -2.15. The molecule has 2 aromatic rings. The Morgan fingerprint density at radius 3 is 2.74 bits per heavy atom. The van der Waals surface area contributed by atoms with E-state index in [1.165, 1.54) is 5.56 Å². The summed E-state index contributed by atoms with van der Waals surface area (Å²) in [6.07, 6.45) is 2.56. The Hall–Kier alpha value is -3.06. The summed E-state index contributed by atoms with van der Waals surface area (Å²) in [5, 5.41) is 12.1. The van der Waals surface area contributed by atoms with Crippen molar-refractivity contribution in [3.05, 3.63) is 71.4 Å². The van der Waals surface area contributed by atoms with Gasteiger partial charge in [-0.05, 0) is 36.6 Å². The minimum absolute atomic E-state index is 0.102. The molecule has 0 unspecified atom stereocenters. The summed E-state index contributed by atoms with van der Waals surface area (Å²) in [5.74, 6) is -0.383. The molecule has 4 nitrogen and oxygen atoms in total. The summed E-state index contributed by atoms with van der Waals surface area (Å²) >= 11 is 0. The highest BCUT2D eigenvalue weighted by Crippen LogP contribution is 2.28. The van der Waals surface area contributed by atoms with Gasteiger partial charge in [-0.15, -0.1) is 0 Å². The van der Waals surface area contributed by atoms with Crippen molar-refractivity contribution < 1.29 is 4.79 Å². The third-order valence-electron chi connectivity index (χ3n) is 3.97. The fourth-order valence-electron chi connectivity index (χ4n) is 2.69. The van der Waals surface area contributed by atoms with Gasteiger partial charge in [0.2, 0.25) is 0 Å². The summed E-state index contributed by atoms with van der Waals surface area (Å²) < 4.78 is 0. The molecule has 0 bridgehead atoms. The van der Waals surface area contributed by atoms with Crippen LogP contribution in [-0.4, -0.2) is 12.5 Å². The van der Waals surface area contributed by atoms with Crippen LogP contribution in [0.15, 0.2) is 60.3 Å². The normalized spacial score (nSPS) is 13.4. The summed E-state index contributed by atoms with van der Waals surface area (Å²) in [7, 11) is 0. The van der Waals surface area contributed by atoms with E-state index in [0.29, 0.717) is 0 Å². The van der Waals surface area contributed by atoms with Crippen molar-refractivity contribution in [3.8, 4) is 6.07 Å². The number of amides is 1. The Morgan fingerprint density at radius 1 is 1.22 bits per heavy atom. The van der Waals surface area contributed by atoms with Crippen LogP contribution in [0.25, 0.3) is 0 Å². The van der Waals surface area contributed by atoms with Gasteiger partial charge in [0, 0.05) is 24.1 Å². The van der Waals surface area contributed by atoms with Gasteiger partial charge in [-0.1, -0.05) is 36.4 Å². The van der Waals surface area contributed by atoms with Gasteiger partial charge >= 0.3 is 0 Å². The zero-order valence-corrected chi connectivity index (χ0v) is 12.9. The van der Waals surface area contributed by atoms with E-state index in [0.717, 1.165) is 29.9 Å². The van der Waals surface area contributed by atoms with Crippen molar-refractivity contribution in [3.63, 3.8) is 0 Å². The van der Waals surface area contributed by atoms with Crippen LogP contribution < -0.4 is 10.2 Å². The van der Waals surface area contributed by atoms with E-state index >= 15 is 0 Å². The maximum atomic E-state index is 12.4. The molecular formula is C19H17N3O. The molecule has 0 aliphatic carbocycles. The second-order valence-electron chi connectivity index (χ2n) is 5.50. The number of nitriles is 1. The van der Waals surface area contributed by atoms with Crippen LogP contribution in [0, 0.1) is 18.3 Å². The van der Waals surface area contributed by atoms with Gasteiger partial charge in [0.05, 0.1) is 0 Å². The third kappa shape index (κ3) is 3.09. The Kier molecular flexibility index (Phi) is 4.11. The Morgan fingerprint density at radius 2 is 1.96 bits per heavy atom. The zero-order valence-electron chi connectivity index (χ0n) is 12.9. The number of benzene rings is 2. The van der Waals surface area contributed by atoms with Crippen molar-refractivity contribution in [1.82, 2.24) is 0 Å². The van der Waals surface area contributed by atoms with Crippen molar-refractivity contribution >= 4 is 17.3 Å². The fraction of sp³-hybridized carbons (Fsp3) is 0.158. The molecule has 1 N–H and O–H groups in total. The van der Waals surface area contributed by atoms with E-state index in [2.05, 4.69) is 11.4 Å². The van der Waals surface area contributed by atoms with Crippen LogP contribution in [0.2, 0.25) is 0 Å². The number of carbonyl (C=O) groups excluding carboxylic acids is 1. The lowest BCUT2D eigenvalue weighted by Crippen LogP contribution is -2.19. The highest BCUT2D eigenvalue weighted by Gasteiger charge is 2.19. The molecule has 1 heterocycles. The molecule has 0 saturated heterocycles. The maximum Gasteiger partial charge on any atom is 0.267 e. The average Bonchev–Trinajstić information content (AvgIpc) is 2.97. The van der Waals surface area contributed by atoms with Crippen LogP contribution in [-0.2, 0) is 11.2 Å². The molecule has 3 rings (SSSR count). The molecule has 4 heteroatoms. The molecule has 23 heavy (non-hydrogen) atoms. The second-order valence-corrected chi connectivity index (χ2v) is 5.50. The van der Waals surface area contributed by atoms with Gasteiger partial charge in [0.1, 0.15) is 11.6 Å². The molecule has 114 valence electrons. The van der Waals surface area contributed by atoms with Crippen molar-refractivity contribution in [2.24, 2.45) is 0 Å². The molecule has 0 fully saturated rings. The van der Waals surface area contributed by atoms with Gasteiger partial charge in [0.15, 0.2) is 0 Å². The number of rotatable bonds is 3. The summed E-state index contributed by atoms with van der Waals surface area (Å²) in [4.78, 5) is 14.3. The van der Waals surface area contributed by atoms with Crippen LogP contribution in [0.1, 0.15) is 11.1 Å². The smallest absolute Gasteiger partial charge is 0.267 e. The van der Waals surface area contributed by atoms with E-state index < -0.39 is 0 Å². The molecule has 0 spiro atoms. The number of para-hydroxylation sites is 2. The van der Waals surface area contributed by atoms with Crippen LogP contribution in [0.4, 0.5) is 11.4 Å². The number of carbonyl (C=O) groups is 1. The fourth-order valence-corrected chi connectivity index (χ4v) is 2.69. The van der Waals surface area contributed by atoms with E-state index in [-0.39, 0.29) is 11.5 Å². The van der Waals surface area contributed by atoms with Crippen LogP contribution in [0.3, 0.4) is 0 Å². The number of aryl methyl sites for hydroxylation is 1. The summed E-state index contributed by atoms with van der Waals surface area (Å²) in [6.45, 7) is 2.70. The largest absolute Gasteiger partial charge is 0.346 e. The first-order valence-electron chi connectivity index (χ1n) is 7.52. The predicted molar refractivity (Wildman–Crippen MR) is 91.0 cm³/mol. The zero-order chi connectivity index (χ0) is 16.2. The van der Waals surface area contributed by atoms with Gasteiger partial charge < -0.3 is 10.2 Å². The highest BCUT2D eigenvalue weighted by molar-refractivity contribution is 6.07. The first kappa shape index (κ1) is 14.9. The van der Waals surface area contributed by atoms with Crippen LogP contribution >= 0.6 is 0 Å². The van der Waals surface area contributed by atoms with Gasteiger partial charge in [-0.3, -0.25) is 4.79 Å². The van der Waals surface area contributed by atoms with E-state index in [1.807, 2.05) is 60.4 Å². The number of hydrogen-bond donors (Lipinski definition) is 1. The minimum Gasteiger partial charge on any atom is -0.346 e. The predicted octanol–water partition coefficient (Wildman–Crippen LogP) is 3.40. The maximum absolute atomic E-state index is 12.4. The first-order valence-corrected chi connectivity index (χ1v) is 7.52. The number of anilines is 2. The lowest BCUT2D eigenvalue weighted by atomic mass is 10.2. The van der Waals surface area contributed by atoms with Gasteiger partial charge in [-0.25, -0.2) is 0 Å². The van der Waals surface area contributed by atoms with Crippen LogP contribution in [0.5, 0.6) is 0 Å². The molecular weight excluding hydrogens is 286 g/mol. The highest BCUT2D eigenvalue weighted by atomic mass is 16.1. The van der Waals surface area contributed by atoms with Crippen molar-refractivity contribution in [1.29, 1.82) is 5.26 Å². The molecule has 1 amide bonds. The Bertz CT molecular complexity index is 817. The molecule has 1 aliphatic rings. The number of fused-ring (bicyclic) bond motifs is 1. The lowest BCUT2D eigenvalue weighted by molar-refractivity contribution is -0.112. The molecule has 0 saturated carbocycles. The standard InChI is InChI=1S/C19H17N3O/c1-14-6-2-4-8-17(14)21-19(23)16(12-20)13-22-11-10-15-7-3-5-9-18(15)22/h2-9,13H,10-11H2,1H3,(H,21,23)/b16-13-. The molecule has 0 atom stereocenters. The summed E-state index contributed by atoms with van der Waals surface area (Å²) in [6, 6.07) is 17.6. The quantitative estimate of drug-likeness (QED) is 0.698. The SMILES string of the molecule is Cc1ccccc1NC(=O)/C(C#N)=C\N1CCc2ccccc21. The molecule has 0 aromatic heterocycles. The monoisotopic (exact) mass is 303 g/mol. The minimum atomic E-state index is -0.383. The number of hydrogen-bond acceptors (Lipinski definition) is 3. The average molecular weight is 303 g/mol. The molecule has 0 radical (unpaired) electrons. The molecule has 2 aromatic carbocycles. The van der Waals surface area contributed by atoms with Crippen molar-refractivity contribution in [2.75, 3.05) is 16.8 Å². The van der Waals surface area contributed by atoms with Gasteiger partial charge in [0.25, 0.3) is 5.91 Å². The second kappa shape index (κ2) is 6.37. The van der Waals surface area contributed by atoms with E-state index in [9.17, 15) is 10.1 Å². The molecule has 1 aliphatic heterocycles. The number of nitrogens with zero attached hydrogens (tertiary/aromatic N) is 2. The number of nitrogens with one attached hydrogen (secondary N) is 1. The summed E-state index contributed by atoms with van der Waals surface area (Å²) in [5.41, 5.74) is 4.08. The van der Waals surface area contributed by atoms with E-state index in [1.54, 1.807) is 6.20 Å². The van der Waals surface area contributed by atoms with Crippen molar-refractivity contribution in [2.45, 2.75) is 13.3 Å². The first-order chi connectivity index (χ1) is 11.2.